The van der Waals surface area contributed by atoms with Gasteiger partial charge in [-0.1, -0.05) is 37.3 Å². The average molecular weight is 575 g/mol. The van der Waals surface area contributed by atoms with E-state index in [1.54, 1.807) is 24.0 Å². The van der Waals surface area contributed by atoms with E-state index in [0.29, 0.717) is 50.8 Å². The molecule has 2 aromatic rings. The molecule has 0 spiro atoms. The lowest BCUT2D eigenvalue weighted by molar-refractivity contribution is -0.144. The van der Waals surface area contributed by atoms with Crippen molar-refractivity contribution in [1.82, 2.24) is 5.32 Å². The first kappa shape index (κ1) is 30.4. The summed E-state index contributed by atoms with van der Waals surface area (Å²) in [7, 11) is 0. The second-order valence-corrected chi connectivity index (χ2v) is 10.8. The molecule has 2 atom stereocenters. The number of anilines is 1. The Morgan fingerprint density at radius 1 is 0.976 bits per heavy atom. The predicted octanol–water partition coefficient (Wildman–Crippen LogP) is 6.95. The van der Waals surface area contributed by atoms with E-state index in [4.69, 9.17) is 9.47 Å². The summed E-state index contributed by atoms with van der Waals surface area (Å²) in [6.07, 6.45) is -1.57. The van der Waals surface area contributed by atoms with Crippen molar-refractivity contribution >= 4 is 23.7 Å². The number of alkyl halides is 3. The zero-order valence-corrected chi connectivity index (χ0v) is 23.4. The standard InChI is InChI=1S/C31H37F3N2O5/c1-3-24-18-26(35-30(39)41-19-21-8-6-5-7-9-21)25-17-23(31(32,33)34)14-15-27(25)36(24)29(38)22-12-10-20(11-13-22)16-28(37)40-4-2/h5-9,14-15,17,20,22,24,26H,3-4,10-13,16,18-19H2,1-2H3,(H,35,39). The maximum absolute atomic E-state index is 13.9. The van der Waals surface area contributed by atoms with Gasteiger partial charge in [-0.05, 0) is 80.7 Å². The van der Waals surface area contributed by atoms with Crippen LogP contribution in [0.15, 0.2) is 48.5 Å². The fourth-order valence-electron chi connectivity index (χ4n) is 5.89. The van der Waals surface area contributed by atoms with E-state index in [-0.39, 0.29) is 48.3 Å². The number of carbonyl (C=O) groups excluding carboxylic acids is 3. The van der Waals surface area contributed by atoms with Crippen molar-refractivity contribution in [3.63, 3.8) is 0 Å². The first-order valence-electron chi connectivity index (χ1n) is 14.3. The van der Waals surface area contributed by atoms with Gasteiger partial charge in [-0.25, -0.2) is 4.79 Å². The van der Waals surface area contributed by atoms with E-state index in [9.17, 15) is 27.6 Å². The summed E-state index contributed by atoms with van der Waals surface area (Å²) < 4.78 is 51.5. The average Bonchev–Trinajstić information content (AvgIpc) is 2.96. The molecular weight excluding hydrogens is 537 g/mol. The predicted molar refractivity (Wildman–Crippen MR) is 147 cm³/mol. The second kappa shape index (κ2) is 13.4. The maximum Gasteiger partial charge on any atom is 0.416 e. The molecule has 222 valence electrons. The molecule has 7 nitrogen and oxygen atoms in total. The number of alkyl carbamates (subject to hydrolysis) is 1. The minimum absolute atomic E-state index is 0.0233. The van der Waals surface area contributed by atoms with E-state index in [1.807, 2.05) is 25.1 Å². The lowest BCUT2D eigenvalue weighted by Gasteiger charge is -2.43. The molecule has 1 aliphatic carbocycles. The highest BCUT2D eigenvalue weighted by atomic mass is 19.4. The molecule has 0 aromatic heterocycles. The first-order chi connectivity index (χ1) is 19.6. The minimum atomic E-state index is -4.58. The fourth-order valence-corrected chi connectivity index (χ4v) is 5.89. The van der Waals surface area contributed by atoms with Crippen molar-refractivity contribution in [2.45, 2.75) is 83.7 Å². The summed E-state index contributed by atoms with van der Waals surface area (Å²) >= 11 is 0. The van der Waals surface area contributed by atoms with E-state index < -0.39 is 23.9 Å². The van der Waals surface area contributed by atoms with Gasteiger partial charge >= 0.3 is 18.2 Å². The number of benzene rings is 2. The Bertz CT molecular complexity index is 1210. The van der Waals surface area contributed by atoms with Gasteiger partial charge < -0.3 is 19.7 Å². The smallest absolute Gasteiger partial charge is 0.416 e. The van der Waals surface area contributed by atoms with Gasteiger partial charge in [0.15, 0.2) is 0 Å². The van der Waals surface area contributed by atoms with Crippen LogP contribution in [0.1, 0.15) is 81.5 Å². The van der Waals surface area contributed by atoms with E-state index >= 15 is 0 Å². The molecule has 41 heavy (non-hydrogen) atoms. The highest BCUT2D eigenvalue weighted by Crippen LogP contribution is 2.43. The lowest BCUT2D eigenvalue weighted by Crippen LogP contribution is -2.50. The van der Waals surface area contributed by atoms with Crippen LogP contribution >= 0.6 is 0 Å². The highest BCUT2D eigenvalue weighted by Gasteiger charge is 2.41. The monoisotopic (exact) mass is 574 g/mol. The lowest BCUT2D eigenvalue weighted by atomic mass is 9.79. The second-order valence-electron chi connectivity index (χ2n) is 10.8. The Labute approximate surface area is 238 Å². The molecule has 2 aliphatic rings. The van der Waals surface area contributed by atoms with Crippen molar-refractivity contribution in [2.24, 2.45) is 11.8 Å². The van der Waals surface area contributed by atoms with E-state index in [2.05, 4.69) is 5.32 Å². The summed E-state index contributed by atoms with van der Waals surface area (Å²) in [5.41, 5.74) is 0.558. The van der Waals surface area contributed by atoms with Crippen LogP contribution in [0.25, 0.3) is 0 Å². The van der Waals surface area contributed by atoms with Gasteiger partial charge in [0.05, 0.1) is 18.2 Å². The van der Waals surface area contributed by atoms with Crippen LogP contribution in [0.4, 0.5) is 23.7 Å². The molecule has 0 bridgehead atoms. The third-order valence-electron chi connectivity index (χ3n) is 8.03. The Morgan fingerprint density at radius 3 is 2.32 bits per heavy atom. The van der Waals surface area contributed by atoms with Crippen LogP contribution in [0.3, 0.4) is 0 Å². The summed E-state index contributed by atoms with van der Waals surface area (Å²) in [6.45, 7) is 4.03. The summed E-state index contributed by atoms with van der Waals surface area (Å²) in [5.74, 6) is -0.506. The summed E-state index contributed by atoms with van der Waals surface area (Å²) in [4.78, 5) is 40.1. The number of nitrogens with zero attached hydrogens (tertiary/aromatic N) is 1. The molecular formula is C31H37F3N2O5. The van der Waals surface area contributed by atoms with Crippen molar-refractivity contribution in [3.05, 3.63) is 65.2 Å². The third-order valence-corrected chi connectivity index (χ3v) is 8.03. The largest absolute Gasteiger partial charge is 0.466 e. The van der Waals surface area contributed by atoms with Gasteiger partial charge in [-0.15, -0.1) is 0 Å². The quantitative estimate of drug-likeness (QED) is 0.345. The molecule has 10 heteroatoms. The maximum atomic E-state index is 13.9. The van der Waals surface area contributed by atoms with Gasteiger partial charge in [0.1, 0.15) is 6.61 Å². The molecule has 1 fully saturated rings. The molecule has 4 rings (SSSR count). The molecule has 1 saturated carbocycles. The van der Waals surface area contributed by atoms with Gasteiger partial charge in [0.2, 0.25) is 5.91 Å². The molecule has 0 radical (unpaired) electrons. The highest BCUT2D eigenvalue weighted by molar-refractivity contribution is 5.97. The Morgan fingerprint density at radius 2 is 1.68 bits per heavy atom. The van der Waals surface area contributed by atoms with E-state index in [1.165, 1.54) is 6.07 Å². The Balaban J connectivity index is 1.53. The van der Waals surface area contributed by atoms with E-state index in [0.717, 1.165) is 17.7 Å². The molecule has 2 aromatic carbocycles. The van der Waals surface area contributed by atoms with Crippen LogP contribution in [0, 0.1) is 11.8 Å². The van der Waals surface area contributed by atoms with Crippen LogP contribution < -0.4 is 10.2 Å². The topological polar surface area (TPSA) is 84.9 Å². The summed E-state index contributed by atoms with van der Waals surface area (Å²) in [6, 6.07) is 11.4. The van der Waals surface area contributed by atoms with Gasteiger partial charge in [-0.2, -0.15) is 13.2 Å². The Kier molecular flexibility index (Phi) is 9.94. The normalized spacial score (nSPS) is 22.4. The fraction of sp³-hybridized carbons (Fsp3) is 0.516. The van der Waals surface area contributed by atoms with Crippen LogP contribution in [-0.4, -0.2) is 30.6 Å². The molecule has 0 saturated heterocycles. The number of esters is 1. The number of fused-ring (bicyclic) bond motifs is 1. The third kappa shape index (κ3) is 7.59. The van der Waals surface area contributed by atoms with Crippen molar-refractivity contribution in [2.75, 3.05) is 11.5 Å². The SMILES string of the molecule is CCOC(=O)CC1CCC(C(=O)N2c3ccc(C(F)(F)F)cc3C(NC(=O)OCc3ccccc3)CC2CC)CC1. The number of ether oxygens (including phenoxy) is 2. The number of halogens is 3. The number of hydrogen-bond donors (Lipinski definition) is 1. The summed E-state index contributed by atoms with van der Waals surface area (Å²) in [5, 5.41) is 2.75. The number of amides is 2. The zero-order valence-electron chi connectivity index (χ0n) is 23.4. The first-order valence-corrected chi connectivity index (χ1v) is 14.3. The molecule has 2 amide bonds. The van der Waals surface area contributed by atoms with Gasteiger partial charge in [-0.3, -0.25) is 9.59 Å². The molecule has 1 heterocycles. The number of nitrogens with one attached hydrogen (secondary N) is 1. The zero-order chi connectivity index (χ0) is 29.6. The van der Waals surface area contributed by atoms with Crippen molar-refractivity contribution < 1.29 is 37.0 Å². The van der Waals surface area contributed by atoms with Gasteiger partial charge in [0.25, 0.3) is 0 Å². The molecule has 2 unspecified atom stereocenters. The van der Waals surface area contributed by atoms with Gasteiger partial charge in [0, 0.05) is 24.1 Å². The van der Waals surface area contributed by atoms with Crippen LogP contribution in [0.5, 0.6) is 0 Å². The molecule has 1 aliphatic heterocycles. The van der Waals surface area contributed by atoms with Crippen LogP contribution in [0.2, 0.25) is 0 Å². The van der Waals surface area contributed by atoms with Crippen LogP contribution in [-0.2, 0) is 31.8 Å². The number of rotatable bonds is 8. The Hall–Kier alpha value is -3.56. The number of hydrogen-bond acceptors (Lipinski definition) is 5. The minimum Gasteiger partial charge on any atom is -0.466 e. The molecule has 1 N–H and O–H groups in total. The van der Waals surface area contributed by atoms with Crippen molar-refractivity contribution in [3.8, 4) is 0 Å². The number of carbonyl (C=O) groups is 3. The van der Waals surface area contributed by atoms with Crippen molar-refractivity contribution in [1.29, 1.82) is 0 Å².